The molecule has 0 aliphatic carbocycles. The zero-order valence-electron chi connectivity index (χ0n) is 7.00. The molecule has 0 saturated carbocycles. The van der Waals surface area contributed by atoms with E-state index >= 15 is 0 Å². The lowest BCUT2D eigenvalue weighted by atomic mass is 9.81. The third-order valence-corrected chi connectivity index (χ3v) is 2.67. The summed E-state index contributed by atoms with van der Waals surface area (Å²) < 4.78 is 5.51. The lowest BCUT2D eigenvalue weighted by Gasteiger charge is -2.13. The number of hydrogen-bond acceptors (Lipinski definition) is 1. The maximum atomic E-state index is 5.71. The zero-order valence-corrected chi connectivity index (χ0v) is 7.00. The number of hydrogen-bond donors (Lipinski definition) is 0. The summed E-state index contributed by atoms with van der Waals surface area (Å²) in [5.74, 6) is 1.14. The van der Waals surface area contributed by atoms with E-state index in [1.165, 1.54) is 0 Å². The first-order chi connectivity index (χ1) is 4.66. The molecule has 4 atom stereocenters. The quantitative estimate of drug-likeness (QED) is 0.499. The van der Waals surface area contributed by atoms with Gasteiger partial charge in [-0.05, 0) is 18.3 Å². The fraction of sp³-hybridized carbons (Fsp3) is 1.00. The van der Waals surface area contributed by atoms with E-state index in [2.05, 4.69) is 20.8 Å². The molecule has 1 aliphatic heterocycles. The van der Waals surface area contributed by atoms with E-state index in [9.17, 15) is 0 Å². The lowest BCUT2D eigenvalue weighted by molar-refractivity contribution is 0.0698. The van der Waals surface area contributed by atoms with Crippen LogP contribution in [0.4, 0.5) is 0 Å². The molecule has 1 saturated heterocycles. The van der Waals surface area contributed by atoms with Crippen molar-refractivity contribution in [1.29, 1.82) is 0 Å². The third kappa shape index (κ3) is 1.22. The van der Waals surface area contributed by atoms with Crippen LogP contribution in [0, 0.1) is 11.8 Å². The van der Waals surface area contributed by atoms with Crippen molar-refractivity contribution < 1.29 is 4.74 Å². The van der Waals surface area contributed by atoms with Crippen molar-refractivity contribution in [1.82, 2.24) is 0 Å². The molecule has 0 bridgehead atoms. The molecule has 2 radical (unpaired) electrons. The molecule has 2 heteroatoms. The lowest BCUT2D eigenvalue weighted by Crippen LogP contribution is -2.15. The van der Waals surface area contributed by atoms with Crippen LogP contribution in [0.3, 0.4) is 0 Å². The Kier molecular flexibility index (Phi) is 2.40. The molecule has 1 heterocycles. The van der Waals surface area contributed by atoms with Gasteiger partial charge in [-0.2, -0.15) is 0 Å². The van der Waals surface area contributed by atoms with E-state index in [0.29, 0.717) is 17.9 Å². The van der Waals surface area contributed by atoms with Gasteiger partial charge in [0.1, 0.15) is 7.85 Å². The molecular weight excluding hydrogens is 123 g/mol. The standard InChI is InChI=1S/C8H15BO/c1-4-7-5(2)6(3)8(9)10-7/h5-8H,4H2,1-3H3/t5?,6-,7?,8-/m1/s1. The molecule has 0 aromatic heterocycles. The summed E-state index contributed by atoms with van der Waals surface area (Å²) in [5.41, 5.74) is 0. The van der Waals surface area contributed by atoms with Crippen molar-refractivity contribution in [2.24, 2.45) is 11.8 Å². The Morgan fingerprint density at radius 2 is 1.90 bits per heavy atom. The van der Waals surface area contributed by atoms with Gasteiger partial charge >= 0.3 is 0 Å². The Labute approximate surface area is 64.6 Å². The molecule has 0 N–H and O–H groups in total. The van der Waals surface area contributed by atoms with E-state index in [1.54, 1.807) is 0 Å². The molecule has 0 aromatic carbocycles. The van der Waals surface area contributed by atoms with Crippen LogP contribution in [0.25, 0.3) is 0 Å². The van der Waals surface area contributed by atoms with Gasteiger partial charge in [0, 0.05) is 6.00 Å². The Morgan fingerprint density at radius 3 is 2.10 bits per heavy atom. The molecule has 2 unspecified atom stereocenters. The van der Waals surface area contributed by atoms with Crippen LogP contribution in [0.15, 0.2) is 0 Å². The highest BCUT2D eigenvalue weighted by atomic mass is 16.5. The van der Waals surface area contributed by atoms with E-state index in [-0.39, 0.29) is 6.00 Å². The second-order valence-electron chi connectivity index (χ2n) is 3.27. The average molecular weight is 138 g/mol. The van der Waals surface area contributed by atoms with Gasteiger partial charge in [0.2, 0.25) is 0 Å². The summed E-state index contributed by atoms with van der Waals surface area (Å²) in [5, 5.41) is 0. The largest absolute Gasteiger partial charge is 0.384 e. The minimum absolute atomic E-state index is 0.0278. The van der Waals surface area contributed by atoms with E-state index in [0.717, 1.165) is 6.42 Å². The SMILES string of the molecule is [B][C@@H]1OC(CC)C(C)[C@H]1C. The van der Waals surface area contributed by atoms with Gasteiger partial charge in [-0.3, -0.25) is 0 Å². The fourth-order valence-corrected chi connectivity index (χ4v) is 1.56. The molecular formula is C8H15BO. The van der Waals surface area contributed by atoms with Crippen molar-refractivity contribution in [3.05, 3.63) is 0 Å². The molecule has 1 aliphatic rings. The van der Waals surface area contributed by atoms with Gasteiger partial charge in [-0.15, -0.1) is 0 Å². The van der Waals surface area contributed by atoms with Crippen LogP contribution in [-0.4, -0.2) is 20.0 Å². The minimum atomic E-state index is -0.0278. The monoisotopic (exact) mass is 138 g/mol. The molecule has 1 fully saturated rings. The van der Waals surface area contributed by atoms with Gasteiger partial charge < -0.3 is 4.74 Å². The van der Waals surface area contributed by atoms with Crippen LogP contribution in [0.1, 0.15) is 27.2 Å². The van der Waals surface area contributed by atoms with Gasteiger partial charge in [0.15, 0.2) is 0 Å². The molecule has 0 amide bonds. The highest BCUT2D eigenvalue weighted by Gasteiger charge is 2.34. The summed E-state index contributed by atoms with van der Waals surface area (Å²) in [6, 6.07) is -0.0278. The van der Waals surface area contributed by atoms with Crippen molar-refractivity contribution in [2.45, 2.75) is 39.3 Å². The molecule has 56 valence electrons. The van der Waals surface area contributed by atoms with Gasteiger partial charge in [-0.25, -0.2) is 0 Å². The predicted octanol–water partition coefficient (Wildman–Crippen LogP) is 1.56. The minimum Gasteiger partial charge on any atom is -0.384 e. The van der Waals surface area contributed by atoms with Crippen LogP contribution in [0.2, 0.25) is 0 Å². The van der Waals surface area contributed by atoms with Crippen molar-refractivity contribution in [3.63, 3.8) is 0 Å². The Hall–Kier alpha value is 0.0249. The maximum Gasteiger partial charge on any atom is 0.109 e. The van der Waals surface area contributed by atoms with Crippen LogP contribution >= 0.6 is 0 Å². The maximum absolute atomic E-state index is 5.71. The first-order valence-electron chi connectivity index (χ1n) is 4.07. The second-order valence-corrected chi connectivity index (χ2v) is 3.27. The molecule has 0 spiro atoms. The molecule has 1 rings (SSSR count). The first kappa shape index (κ1) is 8.12. The van der Waals surface area contributed by atoms with Gasteiger partial charge in [0.25, 0.3) is 0 Å². The number of ether oxygens (including phenoxy) is 1. The highest BCUT2D eigenvalue weighted by Crippen LogP contribution is 2.31. The predicted molar refractivity (Wildman–Crippen MR) is 43.0 cm³/mol. The first-order valence-corrected chi connectivity index (χ1v) is 4.07. The molecule has 0 aromatic rings. The van der Waals surface area contributed by atoms with Gasteiger partial charge in [-0.1, -0.05) is 20.8 Å². The summed E-state index contributed by atoms with van der Waals surface area (Å²) in [7, 11) is 5.71. The van der Waals surface area contributed by atoms with Crippen LogP contribution in [0.5, 0.6) is 0 Å². The van der Waals surface area contributed by atoms with Crippen LogP contribution < -0.4 is 0 Å². The van der Waals surface area contributed by atoms with Crippen molar-refractivity contribution in [2.75, 3.05) is 0 Å². The Balaban J connectivity index is 2.53. The molecule has 10 heavy (non-hydrogen) atoms. The topological polar surface area (TPSA) is 9.23 Å². The fourth-order valence-electron chi connectivity index (χ4n) is 1.56. The third-order valence-electron chi connectivity index (χ3n) is 2.67. The van der Waals surface area contributed by atoms with Crippen molar-refractivity contribution >= 4 is 7.85 Å². The average Bonchev–Trinajstić information content (AvgIpc) is 2.17. The zero-order chi connectivity index (χ0) is 7.72. The smallest absolute Gasteiger partial charge is 0.109 e. The van der Waals surface area contributed by atoms with Crippen molar-refractivity contribution in [3.8, 4) is 0 Å². The van der Waals surface area contributed by atoms with E-state index in [4.69, 9.17) is 12.6 Å². The van der Waals surface area contributed by atoms with E-state index in [1.807, 2.05) is 0 Å². The summed E-state index contributed by atoms with van der Waals surface area (Å²) in [4.78, 5) is 0. The summed E-state index contributed by atoms with van der Waals surface area (Å²) in [6.07, 6.45) is 1.48. The number of rotatable bonds is 1. The summed E-state index contributed by atoms with van der Waals surface area (Å²) in [6.45, 7) is 6.52. The molecule has 1 nitrogen and oxygen atoms in total. The normalized spacial score (nSPS) is 47.9. The van der Waals surface area contributed by atoms with Crippen LogP contribution in [-0.2, 0) is 4.74 Å². The second kappa shape index (κ2) is 2.95. The Bertz CT molecular complexity index is 116. The van der Waals surface area contributed by atoms with E-state index < -0.39 is 0 Å². The highest BCUT2D eigenvalue weighted by molar-refractivity contribution is 6.11. The summed E-state index contributed by atoms with van der Waals surface area (Å²) >= 11 is 0. The van der Waals surface area contributed by atoms with Gasteiger partial charge in [0.05, 0.1) is 6.10 Å². The Morgan fingerprint density at radius 1 is 1.30 bits per heavy atom.